The molecule has 1 amide bonds. The molecule has 0 radical (unpaired) electrons. The van der Waals surface area contributed by atoms with Crippen LogP contribution in [0.2, 0.25) is 0 Å². The summed E-state index contributed by atoms with van der Waals surface area (Å²) < 4.78 is 5.26. The minimum atomic E-state index is -0.493. The molecule has 7 nitrogen and oxygen atoms in total. The Kier molecular flexibility index (Phi) is 8.44. The van der Waals surface area contributed by atoms with Crippen LogP contribution in [0.15, 0.2) is 24.3 Å². The zero-order valence-corrected chi connectivity index (χ0v) is 13.5. The second-order valence-corrected chi connectivity index (χ2v) is 4.89. The van der Waals surface area contributed by atoms with E-state index in [0.29, 0.717) is 12.3 Å². The highest BCUT2D eigenvalue weighted by atomic mass is 35.5. The van der Waals surface area contributed by atoms with Gasteiger partial charge in [0.25, 0.3) is 11.6 Å². The van der Waals surface area contributed by atoms with Crippen molar-refractivity contribution in [2.75, 3.05) is 13.2 Å². The number of hydrogen-bond donors (Lipinski definition) is 2. The number of ether oxygens (including phenoxy) is 1. The second-order valence-electron chi connectivity index (χ2n) is 4.89. The molecule has 0 aliphatic rings. The van der Waals surface area contributed by atoms with E-state index in [4.69, 9.17) is 10.5 Å². The monoisotopic (exact) mass is 331 g/mol. The first-order valence-electron chi connectivity index (χ1n) is 6.83. The summed E-state index contributed by atoms with van der Waals surface area (Å²) in [5.74, 6) is 0.130. The highest BCUT2D eigenvalue weighted by Gasteiger charge is 2.20. The number of nitrogens with two attached hydrogens (primary N) is 1. The first-order valence-corrected chi connectivity index (χ1v) is 6.83. The number of benzene rings is 1. The van der Waals surface area contributed by atoms with E-state index in [2.05, 4.69) is 5.32 Å². The molecule has 3 N–H and O–H groups in total. The predicted octanol–water partition coefficient (Wildman–Crippen LogP) is 2.03. The van der Waals surface area contributed by atoms with Gasteiger partial charge in [-0.15, -0.1) is 12.4 Å². The summed E-state index contributed by atoms with van der Waals surface area (Å²) in [4.78, 5) is 21.7. The van der Waals surface area contributed by atoms with Gasteiger partial charge in [-0.1, -0.05) is 13.8 Å². The summed E-state index contributed by atoms with van der Waals surface area (Å²) in [7, 11) is 0. The van der Waals surface area contributed by atoms with Gasteiger partial charge in [-0.3, -0.25) is 14.9 Å². The third kappa shape index (κ3) is 6.28. The van der Waals surface area contributed by atoms with Crippen molar-refractivity contribution in [2.45, 2.75) is 32.2 Å². The number of non-ortho nitro benzene ring substituents is 1. The van der Waals surface area contributed by atoms with E-state index < -0.39 is 10.5 Å². The van der Waals surface area contributed by atoms with Gasteiger partial charge >= 0.3 is 0 Å². The number of nitrogens with zero attached hydrogens (tertiary/aromatic N) is 1. The number of rotatable bonds is 8. The lowest BCUT2D eigenvalue weighted by Gasteiger charge is -2.26. The van der Waals surface area contributed by atoms with E-state index >= 15 is 0 Å². The van der Waals surface area contributed by atoms with Gasteiger partial charge in [-0.05, 0) is 25.0 Å². The molecular formula is C14H22ClN3O4. The molecule has 0 aliphatic heterocycles. The predicted molar refractivity (Wildman–Crippen MR) is 86.3 cm³/mol. The fraction of sp³-hybridized carbons (Fsp3) is 0.500. The van der Waals surface area contributed by atoms with E-state index in [0.717, 1.165) is 12.8 Å². The van der Waals surface area contributed by atoms with E-state index in [-0.39, 0.29) is 30.6 Å². The largest absolute Gasteiger partial charge is 0.484 e. The van der Waals surface area contributed by atoms with Crippen LogP contribution in [0, 0.1) is 10.1 Å². The Hall–Kier alpha value is -1.86. The molecule has 0 bridgehead atoms. The fourth-order valence-corrected chi connectivity index (χ4v) is 1.64. The Bertz CT molecular complexity index is 489. The van der Waals surface area contributed by atoms with Gasteiger partial charge < -0.3 is 15.8 Å². The van der Waals surface area contributed by atoms with Crippen molar-refractivity contribution in [2.24, 2.45) is 5.73 Å². The van der Waals surface area contributed by atoms with Crippen LogP contribution in [-0.4, -0.2) is 29.5 Å². The van der Waals surface area contributed by atoms with Crippen LogP contribution in [0.1, 0.15) is 26.7 Å². The Morgan fingerprint density at radius 3 is 2.32 bits per heavy atom. The number of hydrogen-bond acceptors (Lipinski definition) is 5. The van der Waals surface area contributed by atoms with Gasteiger partial charge in [0.05, 0.1) is 4.92 Å². The molecule has 8 heteroatoms. The van der Waals surface area contributed by atoms with Crippen LogP contribution in [0.25, 0.3) is 0 Å². The van der Waals surface area contributed by atoms with Crippen LogP contribution >= 0.6 is 12.4 Å². The van der Waals surface area contributed by atoms with Crippen LogP contribution in [0.5, 0.6) is 5.75 Å². The van der Waals surface area contributed by atoms with Gasteiger partial charge in [0.2, 0.25) is 0 Å². The Labute approximate surface area is 135 Å². The normalized spacial score (nSPS) is 10.5. The SMILES string of the molecule is CCC(N)(CC)CNC(=O)COc1ccc([N+](=O)[O-])cc1.Cl. The van der Waals surface area contributed by atoms with Gasteiger partial charge in [-0.25, -0.2) is 0 Å². The molecule has 1 rings (SSSR count). The lowest BCUT2D eigenvalue weighted by Crippen LogP contribution is -2.50. The molecule has 124 valence electrons. The molecule has 0 spiro atoms. The highest BCUT2D eigenvalue weighted by molar-refractivity contribution is 5.85. The quantitative estimate of drug-likeness (QED) is 0.559. The molecule has 0 saturated heterocycles. The maximum absolute atomic E-state index is 11.7. The Morgan fingerprint density at radius 1 is 1.32 bits per heavy atom. The van der Waals surface area contributed by atoms with Gasteiger partial charge in [0.1, 0.15) is 5.75 Å². The molecule has 1 aromatic rings. The molecule has 0 saturated carbocycles. The van der Waals surface area contributed by atoms with Gasteiger partial charge in [0.15, 0.2) is 6.61 Å². The third-order valence-corrected chi connectivity index (χ3v) is 3.46. The summed E-state index contributed by atoms with van der Waals surface area (Å²) in [5, 5.41) is 13.2. The average Bonchev–Trinajstić information content (AvgIpc) is 2.51. The summed E-state index contributed by atoms with van der Waals surface area (Å²) in [6.45, 7) is 4.19. The number of halogens is 1. The topological polar surface area (TPSA) is 107 Å². The smallest absolute Gasteiger partial charge is 0.269 e. The zero-order valence-electron chi connectivity index (χ0n) is 12.7. The summed E-state index contributed by atoms with van der Waals surface area (Å²) in [6, 6.07) is 5.56. The molecule has 1 aromatic carbocycles. The summed E-state index contributed by atoms with van der Waals surface area (Å²) in [6.07, 6.45) is 1.54. The molecule has 0 fully saturated rings. The minimum Gasteiger partial charge on any atom is -0.484 e. The van der Waals surface area contributed by atoms with Gasteiger partial charge in [-0.2, -0.15) is 0 Å². The maximum Gasteiger partial charge on any atom is 0.269 e. The van der Waals surface area contributed by atoms with Crippen molar-refractivity contribution in [3.8, 4) is 5.75 Å². The fourth-order valence-electron chi connectivity index (χ4n) is 1.64. The minimum absolute atomic E-state index is 0. The molecule has 0 atom stereocenters. The molecule has 0 unspecified atom stereocenters. The van der Waals surface area contributed by atoms with Crippen molar-refractivity contribution in [3.63, 3.8) is 0 Å². The number of amides is 1. The van der Waals surface area contributed by atoms with Crippen LogP contribution in [-0.2, 0) is 4.79 Å². The van der Waals surface area contributed by atoms with Crippen LogP contribution in [0.4, 0.5) is 5.69 Å². The number of carbonyl (C=O) groups is 1. The maximum atomic E-state index is 11.7. The van der Waals surface area contributed by atoms with Crippen molar-refractivity contribution in [3.05, 3.63) is 34.4 Å². The zero-order chi connectivity index (χ0) is 15.9. The number of nitrogens with one attached hydrogen (secondary N) is 1. The first-order chi connectivity index (χ1) is 9.90. The van der Waals surface area contributed by atoms with Gasteiger partial charge in [0, 0.05) is 24.2 Å². The number of nitro groups is 1. The number of nitro benzene ring substituents is 1. The molecule has 0 heterocycles. The van der Waals surface area contributed by atoms with Crippen molar-refractivity contribution in [1.29, 1.82) is 0 Å². The molecular weight excluding hydrogens is 310 g/mol. The van der Waals surface area contributed by atoms with Crippen molar-refractivity contribution < 1.29 is 14.5 Å². The van der Waals surface area contributed by atoms with E-state index in [1.807, 2.05) is 13.8 Å². The third-order valence-electron chi connectivity index (χ3n) is 3.46. The Morgan fingerprint density at radius 2 is 1.86 bits per heavy atom. The van der Waals surface area contributed by atoms with Crippen LogP contribution < -0.4 is 15.8 Å². The average molecular weight is 332 g/mol. The molecule has 0 aromatic heterocycles. The van der Waals surface area contributed by atoms with Crippen molar-refractivity contribution in [1.82, 2.24) is 5.32 Å². The highest BCUT2D eigenvalue weighted by Crippen LogP contribution is 2.17. The summed E-state index contributed by atoms with van der Waals surface area (Å²) in [5.41, 5.74) is 5.66. The van der Waals surface area contributed by atoms with Crippen LogP contribution in [0.3, 0.4) is 0 Å². The lowest BCUT2D eigenvalue weighted by molar-refractivity contribution is -0.384. The summed E-state index contributed by atoms with van der Waals surface area (Å²) >= 11 is 0. The second kappa shape index (κ2) is 9.22. The van der Waals surface area contributed by atoms with Crippen molar-refractivity contribution >= 4 is 24.0 Å². The first kappa shape index (κ1) is 20.1. The van der Waals surface area contributed by atoms with E-state index in [1.54, 1.807) is 0 Å². The Balaban J connectivity index is 0.00000441. The molecule has 0 aliphatic carbocycles. The van der Waals surface area contributed by atoms with E-state index in [9.17, 15) is 14.9 Å². The standard InChI is InChI=1S/C14H21N3O4.ClH/c1-3-14(15,4-2)10-16-13(18)9-21-12-7-5-11(6-8-12)17(19)20;/h5-8H,3-4,9-10,15H2,1-2H3,(H,16,18);1H. The number of carbonyl (C=O) groups excluding carboxylic acids is 1. The van der Waals surface area contributed by atoms with E-state index in [1.165, 1.54) is 24.3 Å². The molecule has 22 heavy (non-hydrogen) atoms. The lowest BCUT2D eigenvalue weighted by atomic mass is 9.94.